The maximum Gasteiger partial charge on any atom is 0.354 e. The maximum atomic E-state index is 11.2. The average Bonchev–Trinajstić information content (AvgIpc) is 2.36. The van der Waals surface area contributed by atoms with Gasteiger partial charge in [-0.2, -0.15) is 5.10 Å². The molecule has 0 radical (unpaired) electrons. The molecule has 0 atom stereocenters. The normalized spacial score (nSPS) is 10.8. The summed E-state index contributed by atoms with van der Waals surface area (Å²) in [7, 11) is 0. The number of esters is 1. The highest BCUT2D eigenvalue weighted by Crippen LogP contribution is 2.07. The molecule has 0 fully saturated rings. The summed E-state index contributed by atoms with van der Waals surface area (Å²) in [6.07, 6.45) is 0.761. The summed E-state index contributed by atoms with van der Waals surface area (Å²) >= 11 is 0. The number of aldehydes is 1. The van der Waals surface area contributed by atoms with Crippen LogP contribution in [0, 0.1) is 0 Å². The molecule has 0 aliphatic rings. The number of nitrogens with zero attached hydrogens (tertiary/aromatic N) is 1. The summed E-state index contributed by atoms with van der Waals surface area (Å²) in [5.41, 5.74) is 4.23. The highest BCUT2D eigenvalue weighted by atomic mass is 16.5. The lowest BCUT2D eigenvalue weighted by molar-refractivity contribution is -0.135. The van der Waals surface area contributed by atoms with Crippen LogP contribution in [0.25, 0.3) is 0 Å². The van der Waals surface area contributed by atoms with E-state index in [1.165, 1.54) is 0 Å². The van der Waals surface area contributed by atoms with Gasteiger partial charge in [0.1, 0.15) is 12.0 Å². The van der Waals surface area contributed by atoms with E-state index in [4.69, 9.17) is 4.74 Å². The van der Waals surface area contributed by atoms with Crippen LogP contribution in [0.2, 0.25) is 0 Å². The molecule has 1 rings (SSSR count). The molecule has 0 saturated heterocycles. The zero-order chi connectivity index (χ0) is 12.7. The predicted octanol–water partition coefficient (Wildman–Crippen LogP) is 1.85. The summed E-state index contributed by atoms with van der Waals surface area (Å²) < 4.78 is 4.77. The number of carbonyl (C=O) groups is 2. The van der Waals surface area contributed by atoms with Gasteiger partial charge in [-0.15, -0.1) is 0 Å². The first-order chi connectivity index (χ1) is 8.17. The fourth-order valence-electron chi connectivity index (χ4n) is 1.07. The molecule has 0 unspecified atom stereocenters. The van der Waals surface area contributed by atoms with Crippen molar-refractivity contribution in [3.8, 4) is 0 Å². The van der Waals surface area contributed by atoms with Crippen LogP contribution >= 0.6 is 0 Å². The lowest BCUT2D eigenvalue weighted by Crippen LogP contribution is -2.15. The second-order valence-corrected chi connectivity index (χ2v) is 3.27. The van der Waals surface area contributed by atoms with Crippen molar-refractivity contribution in [1.82, 2.24) is 0 Å². The van der Waals surface area contributed by atoms with Crippen molar-refractivity contribution in [1.29, 1.82) is 0 Å². The summed E-state index contributed by atoms with van der Waals surface area (Å²) in [5, 5.41) is 3.87. The number of carbonyl (C=O) groups excluding carboxylic acids is 2. The van der Waals surface area contributed by atoms with Gasteiger partial charge < -0.3 is 4.74 Å². The molecule has 5 heteroatoms. The summed E-state index contributed by atoms with van der Waals surface area (Å²) in [5.74, 6) is -0.454. The number of hydrogen-bond donors (Lipinski definition) is 1. The Morgan fingerprint density at radius 2 is 2.06 bits per heavy atom. The zero-order valence-electron chi connectivity index (χ0n) is 9.77. The second-order valence-electron chi connectivity index (χ2n) is 3.27. The van der Waals surface area contributed by atoms with Crippen molar-refractivity contribution >= 4 is 23.7 Å². The molecule has 1 N–H and O–H groups in total. The molecule has 0 heterocycles. The maximum absolute atomic E-state index is 11.2. The molecule has 0 aromatic heterocycles. The molecule has 1 aromatic rings. The third kappa shape index (κ3) is 4.06. The number of nitrogens with one attached hydrogen (secondary N) is 1. The van der Waals surface area contributed by atoms with Gasteiger partial charge in [0.25, 0.3) is 0 Å². The second kappa shape index (κ2) is 6.42. The zero-order valence-corrected chi connectivity index (χ0v) is 9.77. The lowest BCUT2D eigenvalue weighted by atomic mass is 10.2. The molecule has 0 saturated carbocycles. The molecule has 17 heavy (non-hydrogen) atoms. The van der Waals surface area contributed by atoms with E-state index in [1.807, 2.05) is 0 Å². The van der Waals surface area contributed by atoms with E-state index in [0.29, 0.717) is 17.9 Å². The Kier molecular flexibility index (Phi) is 4.87. The SMILES string of the molecule is CCOC(=O)/C(C)=N/Nc1ccc(C=O)cc1. The van der Waals surface area contributed by atoms with Crippen LogP contribution in [-0.4, -0.2) is 24.6 Å². The number of anilines is 1. The van der Waals surface area contributed by atoms with E-state index in [1.54, 1.807) is 38.1 Å². The quantitative estimate of drug-likeness (QED) is 0.365. The van der Waals surface area contributed by atoms with Crippen molar-refractivity contribution < 1.29 is 14.3 Å². The first kappa shape index (κ1) is 12.9. The van der Waals surface area contributed by atoms with Gasteiger partial charge in [0.15, 0.2) is 0 Å². The Hall–Kier alpha value is -2.17. The molecule has 5 nitrogen and oxygen atoms in total. The van der Waals surface area contributed by atoms with Crippen LogP contribution in [0.3, 0.4) is 0 Å². The molecule has 90 valence electrons. The topological polar surface area (TPSA) is 67.8 Å². The monoisotopic (exact) mass is 234 g/mol. The van der Waals surface area contributed by atoms with Gasteiger partial charge in [-0.1, -0.05) is 0 Å². The largest absolute Gasteiger partial charge is 0.461 e. The van der Waals surface area contributed by atoms with E-state index >= 15 is 0 Å². The van der Waals surface area contributed by atoms with Crippen molar-refractivity contribution in [3.05, 3.63) is 29.8 Å². The van der Waals surface area contributed by atoms with Gasteiger partial charge in [-0.3, -0.25) is 10.2 Å². The highest BCUT2D eigenvalue weighted by Gasteiger charge is 2.05. The van der Waals surface area contributed by atoms with Crippen LogP contribution in [0.1, 0.15) is 24.2 Å². The average molecular weight is 234 g/mol. The van der Waals surface area contributed by atoms with Crippen molar-refractivity contribution in [2.75, 3.05) is 12.0 Å². The van der Waals surface area contributed by atoms with Crippen LogP contribution in [0.15, 0.2) is 29.4 Å². The fourth-order valence-corrected chi connectivity index (χ4v) is 1.07. The van der Waals surface area contributed by atoms with Crippen LogP contribution in [0.5, 0.6) is 0 Å². The molecule has 0 bridgehead atoms. The van der Waals surface area contributed by atoms with Crippen LogP contribution in [0.4, 0.5) is 5.69 Å². The van der Waals surface area contributed by atoms with E-state index in [2.05, 4.69) is 10.5 Å². The van der Waals surface area contributed by atoms with Crippen LogP contribution < -0.4 is 5.43 Å². The van der Waals surface area contributed by atoms with Gasteiger partial charge in [0, 0.05) is 5.56 Å². The highest BCUT2D eigenvalue weighted by molar-refractivity contribution is 6.35. The Balaban J connectivity index is 2.62. The third-order valence-electron chi connectivity index (χ3n) is 1.97. The fraction of sp³-hybridized carbons (Fsp3) is 0.250. The number of rotatable bonds is 5. The summed E-state index contributed by atoms with van der Waals surface area (Å²) in [6, 6.07) is 6.71. The first-order valence-electron chi connectivity index (χ1n) is 5.20. The van der Waals surface area contributed by atoms with E-state index in [-0.39, 0.29) is 5.71 Å². The lowest BCUT2D eigenvalue weighted by Gasteiger charge is -2.03. The number of benzene rings is 1. The Morgan fingerprint density at radius 3 is 2.59 bits per heavy atom. The van der Waals surface area contributed by atoms with E-state index < -0.39 is 5.97 Å². The summed E-state index contributed by atoms with van der Waals surface area (Å²) in [4.78, 5) is 21.7. The van der Waals surface area contributed by atoms with Gasteiger partial charge in [0.2, 0.25) is 0 Å². The Bertz CT molecular complexity index is 424. The molecule has 0 aliphatic carbocycles. The minimum Gasteiger partial charge on any atom is -0.461 e. The smallest absolute Gasteiger partial charge is 0.354 e. The van der Waals surface area contributed by atoms with Gasteiger partial charge in [0.05, 0.1) is 12.3 Å². The van der Waals surface area contributed by atoms with Gasteiger partial charge in [-0.25, -0.2) is 4.79 Å². The van der Waals surface area contributed by atoms with Crippen LogP contribution in [-0.2, 0) is 9.53 Å². The molecule has 1 aromatic carbocycles. The van der Waals surface area contributed by atoms with E-state index in [0.717, 1.165) is 6.29 Å². The standard InChI is InChI=1S/C12H14N2O3/c1-3-17-12(16)9(2)13-14-11-6-4-10(8-15)5-7-11/h4-8,14H,3H2,1-2H3/b13-9+. The Labute approximate surface area is 99.5 Å². The van der Waals surface area contributed by atoms with Crippen molar-refractivity contribution in [3.63, 3.8) is 0 Å². The summed E-state index contributed by atoms with van der Waals surface area (Å²) in [6.45, 7) is 3.61. The molecular weight excluding hydrogens is 220 g/mol. The number of hydrazone groups is 1. The van der Waals surface area contributed by atoms with Gasteiger partial charge >= 0.3 is 5.97 Å². The minimum atomic E-state index is -0.454. The number of hydrogen-bond acceptors (Lipinski definition) is 5. The van der Waals surface area contributed by atoms with Gasteiger partial charge in [-0.05, 0) is 38.1 Å². The molecule has 0 aliphatic heterocycles. The predicted molar refractivity (Wildman–Crippen MR) is 65.2 cm³/mol. The number of ether oxygens (including phenoxy) is 1. The molecule has 0 spiro atoms. The molecule has 0 amide bonds. The minimum absolute atomic E-state index is 0.242. The third-order valence-corrected chi connectivity index (χ3v) is 1.97. The van der Waals surface area contributed by atoms with E-state index in [9.17, 15) is 9.59 Å². The van der Waals surface area contributed by atoms with Crippen molar-refractivity contribution in [2.24, 2.45) is 5.10 Å². The molecular formula is C12H14N2O3. The Morgan fingerprint density at radius 1 is 1.41 bits per heavy atom. The first-order valence-corrected chi connectivity index (χ1v) is 5.20. The van der Waals surface area contributed by atoms with Crippen molar-refractivity contribution in [2.45, 2.75) is 13.8 Å².